The Bertz CT molecular complexity index is 971. The highest BCUT2D eigenvalue weighted by atomic mass is 16.2. The first-order chi connectivity index (χ1) is 14.5. The molecule has 3 amide bonds. The molecule has 0 aromatic heterocycles. The lowest BCUT2D eigenvalue weighted by atomic mass is 10.0. The molecule has 2 aromatic rings. The van der Waals surface area contributed by atoms with Gasteiger partial charge in [-0.1, -0.05) is 12.1 Å². The zero-order valence-corrected chi connectivity index (χ0v) is 17.3. The minimum absolute atomic E-state index is 0.133. The van der Waals surface area contributed by atoms with Gasteiger partial charge in [0.25, 0.3) is 5.91 Å². The number of anilines is 3. The molecule has 1 saturated heterocycles. The molecule has 30 heavy (non-hydrogen) atoms. The van der Waals surface area contributed by atoms with Gasteiger partial charge in [0.15, 0.2) is 0 Å². The lowest BCUT2D eigenvalue weighted by Gasteiger charge is -2.34. The summed E-state index contributed by atoms with van der Waals surface area (Å²) in [6, 6.07) is 14.0. The number of carbonyl (C=O) groups is 3. The second kappa shape index (κ2) is 8.18. The number of hydrogen-bond donors (Lipinski definition) is 1. The number of carbonyl (C=O) groups excluding carboxylic acids is 3. The van der Waals surface area contributed by atoms with Crippen molar-refractivity contribution in [3.05, 3.63) is 54.1 Å². The second-order valence-electron chi connectivity index (χ2n) is 7.94. The van der Waals surface area contributed by atoms with Gasteiger partial charge in [0, 0.05) is 32.0 Å². The van der Waals surface area contributed by atoms with Crippen LogP contribution in [0.4, 0.5) is 17.1 Å². The zero-order valence-electron chi connectivity index (χ0n) is 17.3. The molecule has 1 N–H and O–H groups in total. The second-order valence-corrected chi connectivity index (χ2v) is 7.94. The molecule has 2 aliphatic heterocycles. The molecule has 0 bridgehead atoms. The molecule has 0 saturated carbocycles. The third-order valence-electron chi connectivity index (χ3n) is 5.71. The average Bonchev–Trinajstić information content (AvgIpc) is 2.84. The summed E-state index contributed by atoms with van der Waals surface area (Å²) in [5, 5.41) is 2.86. The first-order valence-electron chi connectivity index (χ1n) is 10.2. The molecule has 7 nitrogen and oxygen atoms in total. The fourth-order valence-corrected chi connectivity index (χ4v) is 4.12. The van der Waals surface area contributed by atoms with Crippen LogP contribution >= 0.6 is 0 Å². The molecular weight excluding hydrogens is 380 g/mol. The summed E-state index contributed by atoms with van der Waals surface area (Å²) in [4.78, 5) is 44.3. The first kappa shape index (κ1) is 19.9. The average molecular weight is 406 g/mol. The van der Waals surface area contributed by atoms with Crippen molar-refractivity contribution in [3.63, 3.8) is 0 Å². The van der Waals surface area contributed by atoms with Gasteiger partial charge in [0.2, 0.25) is 11.8 Å². The summed E-state index contributed by atoms with van der Waals surface area (Å²) < 4.78 is 0. The summed E-state index contributed by atoms with van der Waals surface area (Å²) in [7, 11) is 3.90. The van der Waals surface area contributed by atoms with Crippen LogP contribution < -0.4 is 15.1 Å². The molecule has 1 fully saturated rings. The van der Waals surface area contributed by atoms with Crippen LogP contribution in [0.1, 0.15) is 29.6 Å². The van der Waals surface area contributed by atoms with Gasteiger partial charge in [-0.25, -0.2) is 0 Å². The fourth-order valence-electron chi connectivity index (χ4n) is 4.12. The zero-order chi connectivity index (χ0) is 21.3. The van der Waals surface area contributed by atoms with Crippen molar-refractivity contribution in [2.24, 2.45) is 0 Å². The fraction of sp³-hybridized carbons (Fsp3) is 0.348. The van der Waals surface area contributed by atoms with Crippen LogP contribution in [0.5, 0.6) is 0 Å². The van der Waals surface area contributed by atoms with Crippen LogP contribution in [0.2, 0.25) is 0 Å². The summed E-state index contributed by atoms with van der Waals surface area (Å²) >= 11 is 0. The lowest BCUT2D eigenvalue weighted by Crippen LogP contribution is -2.52. The largest absolute Gasteiger partial charge is 0.378 e. The summed E-state index contributed by atoms with van der Waals surface area (Å²) in [5.74, 6) is -0.621. The number of rotatable bonds is 4. The Morgan fingerprint density at radius 1 is 1.07 bits per heavy atom. The number of amides is 3. The standard InChI is InChI=1S/C23H26N4O3/c1-25(2)17-12-10-16(11-13-17)24-21(28)15-27-19-8-4-3-7-18(19)22(29)26-14-6-5-9-20(26)23(27)30/h3-4,7-8,10-13,20H,5-6,9,14-15H2,1-2H3,(H,24,28). The van der Waals surface area contributed by atoms with Gasteiger partial charge in [0.1, 0.15) is 12.6 Å². The van der Waals surface area contributed by atoms with Gasteiger partial charge < -0.3 is 20.0 Å². The van der Waals surface area contributed by atoms with E-state index in [9.17, 15) is 14.4 Å². The van der Waals surface area contributed by atoms with E-state index in [1.54, 1.807) is 29.2 Å². The third-order valence-corrected chi connectivity index (χ3v) is 5.71. The molecule has 7 heteroatoms. The molecule has 0 spiro atoms. The van der Waals surface area contributed by atoms with Crippen molar-refractivity contribution in [1.82, 2.24) is 4.90 Å². The quantitative estimate of drug-likeness (QED) is 0.847. The molecule has 1 unspecified atom stereocenters. The molecule has 2 aliphatic rings. The van der Waals surface area contributed by atoms with Crippen molar-refractivity contribution in [2.45, 2.75) is 25.3 Å². The highest BCUT2D eigenvalue weighted by Crippen LogP contribution is 2.31. The third kappa shape index (κ3) is 3.75. The summed E-state index contributed by atoms with van der Waals surface area (Å²) in [6.45, 7) is 0.435. The van der Waals surface area contributed by atoms with E-state index in [0.29, 0.717) is 29.9 Å². The maximum absolute atomic E-state index is 13.3. The number of benzene rings is 2. The first-order valence-corrected chi connectivity index (χ1v) is 10.2. The Morgan fingerprint density at radius 3 is 2.53 bits per heavy atom. The van der Waals surface area contributed by atoms with E-state index in [0.717, 1.165) is 18.5 Å². The number of nitrogens with one attached hydrogen (secondary N) is 1. The molecule has 156 valence electrons. The van der Waals surface area contributed by atoms with Gasteiger partial charge >= 0.3 is 0 Å². The smallest absolute Gasteiger partial charge is 0.256 e. The number of fused-ring (bicyclic) bond motifs is 2. The predicted molar refractivity (Wildman–Crippen MR) is 117 cm³/mol. The van der Waals surface area contributed by atoms with E-state index in [2.05, 4.69) is 5.32 Å². The van der Waals surface area contributed by atoms with E-state index in [1.807, 2.05) is 43.3 Å². The molecule has 0 radical (unpaired) electrons. The number of piperidine rings is 1. The topological polar surface area (TPSA) is 73.0 Å². The van der Waals surface area contributed by atoms with Crippen LogP contribution in [-0.2, 0) is 9.59 Å². The summed E-state index contributed by atoms with van der Waals surface area (Å²) in [6.07, 6.45) is 2.42. The van der Waals surface area contributed by atoms with E-state index >= 15 is 0 Å². The predicted octanol–water partition coefficient (Wildman–Crippen LogP) is 2.73. The molecule has 4 rings (SSSR count). The van der Waals surface area contributed by atoms with Gasteiger partial charge in [-0.15, -0.1) is 0 Å². The minimum Gasteiger partial charge on any atom is -0.378 e. The van der Waals surface area contributed by atoms with Crippen LogP contribution in [0.3, 0.4) is 0 Å². The number of nitrogens with zero attached hydrogens (tertiary/aromatic N) is 3. The van der Waals surface area contributed by atoms with Gasteiger partial charge in [-0.05, 0) is 55.7 Å². The van der Waals surface area contributed by atoms with Gasteiger partial charge in [-0.3, -0.25) is 14.4 Å². The maximum atomic E-state index is 13.3. The van der Waals surface area contributed by atoms with Crippen molar-refractivity contribution in [2.75, 3.05) is 42.3 Å². The van der Waals surface area contributed by atoms with Gasteiger partial charge in [0.05, 0.1) is 11.3 Å². The molecule has 2 aromatic carbocycles. The molecule has 2 heterocycles. The van der Waals surface area contributed by atoms with E-state index in [-0.39, 0.29) is 24.3 Å². The minimum atomic E-state index is -0.508. The van der Waals surface area contributed by atoms with Crippen LogP contribution in [0, 0.1) is 0 Å². The van der Waals surface area contributed by atoms with Crippen LogP contribution in [0.25, 0.3) is 0 Å². The SMILES string of the molecule is CN(C)c1ccc(NC(=O)CN2C(=O)C3CCCCN3C(=O)c3ccccc32)cc1. The Hall–Kier alpha value is -3.35. The number of para-hydroxylation sites is 1. The van der Waals surface area contributed by atoms with E-state index in [1.165, 1.54) is 4.90 Å². The van der Waals surface area contributed by atoms with Crippen LogP contribution in [-0.4, -0.2) is 55.8 Å². The monoisotopic (exact) mass is 406 g/mol. The highest BCUT2D eigenvalue weighted by Gasteiger charge is 2.40. The summed E-state index contributed by atoms with van der Waals surface area (Å²) in [5.41, 5.74) is 2.66. The lowest BCUT2D eigenvalue weighted by molar-refractivity contribution is -0.125. The molecule has 0 aliphatic carbocycles. The molecular formula is C23H26N4O3. The van der Waals surface area contributed by atoms with E-state index in [4.69, 9.17) is 0 Å². The van der Waals surface area contributed by atoms with Gasteiger partial charge in [-0.2, -0.15) is 0 Å². The van der Waals surface area contributed by atoms with Crippen molar-refractivity contribution in [1.29, 1.82) is 0 Å². The maximum Gasteiger partial charge on any atom is 0.256 e. The van der Waals surface area contributed by atoms with Crippen molar-refractivity contribution >= 4 is 34.8 Å². The Labute approximate surface area is 176 Å². The number of hydrogen-bond acceptors (Lipinski definition) is 4. The highest BCUT2D eigenvalue weighted by molar-refractivity contribution is 6.13. The van der Waals surface area contributed by atoms with Crippen LogP contribution in [0.15, 0.2) is 48.5 Å². The Morgan fingerprint density at radius 2 is 1.80 bits per heavy atom. The Kier molecular flexibility index (Phi) is 5.44. The van der Waals surface area contributed by atoms with Crippen molar-refractivity contribution in [3.8, 4) is 0 Å². The normalized spacial score (nSPS) is 18.4. The van der Waals surface area contributed by atoms with E-state index < -0.39 is 6.04 Å². The van der Waals surface area contributed by atoms with Crippen molar-refractivity contribution < 1.29 is 14.4 Å². The Balaban J connectivity index is 1.58. The molecule has 1 atom stereocenters.